The lowest BCUT2D eigenvalue weighted by Gasteiger charge is -2.39. The summed E-state index contributed by atoms with van der Waals surface area (Å²) in [5.41, 5.74) is -0.360. The largest absolute Gasteiger partial charge is 0.354 e. The minimum atomic E-state index is -1.17. The number of rotatable bonds is 4. The maximum absolute atomic E-state index is 15.1. The second-order valence-corrected chi connectivity index (χ2v) is 8.70. The number of fused-ring (bicyclic) bond motifs is 1. The highest BCUT2D eigenvalue weighted by Crippen LogP contribution is 2.52. The van der Waals surface area contributed by atoms with Gasteiger partial charge in [0, 0.05) is 29.2 Å². The van der Waals surface area contributed by atoms with E-state index in [4.69, 9.17) is 23.2 Å². The average Bonchev–Trinajstić information content (AvgIpc) is 3.19. The lowest BCUT2D eigenvalue weighted by molar-refractivity contribution is -0.127. The molecule has 4 rings (SSSR count). The van der Waals surface area contributed by atoms with Gasteiger partial charge in [-0.2, -0.15) is 0 Å². The molecule has 5 nitrogen and oxygen atoms in total. The van der Waals surface area contributed by atoms with Crippen molar-refractivity contribution in [2.75, 3.05) is 18.4 Å². The van der Waals surface area contributed by atoms with Crippen LogP contribution in [0.15, 0.2) is 42.5 Å². The van der Waals surface area contributed by atoms with E-state index in [1.165, 1.54) is 6.07 Å². The zero-order valence-corrected chi connectivity index (χ0v) is 18.1. The third kappa shape index (κ3) is 3.18. The SMILES string of the molecule is CCN1[C@H]2CNC(=O)[C@H]2[C@H](c2cccc(Cl)c2F)[C@]1(C)C(=O)Nc1cccc(Cl)c1. The normalized spacial score (nSPS) is 28.3. The van der Waals surface area contributed by atoms with Crippen molar-refractivity contribution in [1.29, 1.82) is 0 Å². The summed E-state index contributed by atoms with van der Waals surface area (Å²) in [4.78, 5) is 28.4. The van der Waals surface area contributed by atoms with Gasteiger partial charge in [-0.1, -0.05) is 48.3 Å². The minimum absolute atomic E-state index is 0.0324. The lowest BCUT2D eigenvalue weighted by Crippen LogP contribution is -2.56. The Labute approximate surface area is 184 Å². The van der Waals surface area contributed by atoms with E-state index < -0.39 is 23.2 Å². The number of hydrogen-bond acceptors (Lipinski definition) is 3. The van der Waals surface area contributed by atoms with Crippen LogP contribution in [0, 0.1) is 11.7 Å². The van der Waals surface area contributed by atoms with E-state index in [9.17, 15) is 9.59 Å². The van der Waals surface area contributed by atoms with Crippen LogP contribution >= 0.6 is 23.2 Å². The van der Waals surface area contributed by atoms with Crippen LogP contribution in [0.2, 0.25) is 10.0 Å². The first-order valence-corrected chi connectivity index (χ1v) is 10.6. The van der Waals surface area contributed by atoms with Crippen LogP contribution in [0.1, 0.15) is 25.3 Å². The highest BCUT2D eigenvalue weighted by Gasteiger charge is 2.64. The zero-order valence-electron chi connectivity index (χ0n) is 16.6. The predicted octanol–water partition coefficient (Wildman–Crippen LogP) is 4.06. The Kier molecular flexibility index (Phi) is 5.51. The molecular weight excluding hydrogens is 428 g/mol. The van der Waals surface area contributed by atoms with Gasteiger partial charge in [-0.3, -0.25) is 14.5 Å². The maximum atomic E-state index is 15.1. The van der Waals surface area contributed by atoms with Gasteiger partial charge in [0.05, 0.1) is 10.9 Å². The van der Waals surface area contributed by atoms with Crippen molar-refractivity contribution in [3.8, 4) is 0 Å². The smallest absolute Gasteiger partial charge is 0.245 e. The topological polar surface area (TPSA) is 61.4 Å². The summed E-state index contributed by atoms with van der Waals surface area (Å²) in [6.45, 7) is 4.64. The monoisotopic (exact) mass is 449 g/mol. The van der Waals surface area contributed by atoms with Gasteiger partial charge >= 0.3 is 0 Å². The summed E-state index contributed by atoms with van der Waals surface area (Å²) in [6.07, 6.45) is 0. The molecule has 0 spiro atoms. The highest BCUT2D eigenvalue weighted by molar-refractivity contribution is 6.31. The van der Waals surface area contributed by atoms with Crippen molar-refractivity contribution in [3.05, 3.63) is 63.9 Å². The highest BCUT2D eigenvalue weighted by atomic mass is 35.5. The molecule has 0 saturated carbocycles. The molecule has 158 valence electrons. The molecule has 2 heterocycles. The zero-order chi connectivity index (χ0) is 21.6. The Balaban J connectivity index is 1.84. The predicted molar refractivity (Wildman–Crippen MR) is 115 cm³/mol. The number of hydrogen-bond donors (Lipinski definition) is 2. The number of carbonyl (C=O) groups excluding carboxylic acids is 2. The van der Waals surface area contributed by atoms with Crippen molar-refractivity contribution in [1.82, 2.24) is 10.2 Å². The number of carbonyl (C=O) groups is 2. The molecule has 2 fully saturated rings. The molecule has 0 aromatic heterocycles. The number of benzene rings is 2. The van der Waals surface area contributed by atoms with E-state index in [0.717, 1.165) is 0 Å². The molecule has 2 N–H and O–H groups in total. The maximum Gasteiger partial charge on any atom is 0.245 e. The Bertz CT molecular complexity index is 1020. The first kappa shape index (κ1) is 21.1. The van der Waals surface area contributed by atoms with E-state index in [1.54, 1.807) is 43.3 Å². The quantitative estimate of drug-likeness (QED) is 0.739. The van der Waals surface area contributed by atoms with Crippen LogP contribution in [0.3, 0.4) is 0 Å². The Hall–Kier alpha value is -2.15. The average molecular weight is 450 g/mol. The standard InChI is InChI=1S/C22H22Cl2FN3O2/c1-3-28-16-11-26-20(29)17(16)18(14-8-5-9-15(24)19(14)25)22(28,2)21(30)27-13-7-4-6-12(23)10-13/h4-10,16-18H,3,11H2,1-2H3,(H,26,29)(H,27,30)/t16-,17+,18-,22+/m0/s1. The molecule has 2 amide bonds. The summed E-state index contributed by atoms with van der Waals surface area (Å²) in [7, 11) is 0. The molecule has 0 radical (unpaired) electrons. The molecular formula is C22H22Cl2FN3O2. The van der Waals surface area contributed by atoms with Gasteiger partial charge in [0.15, 0.2) is 0 Å². The van der Waals surface area contributed by atoms with Gasteiger partial charge in [-0.15, -0.1) is 0 Å². The molecule has 0 unspecified atom stereocenters. The summed E-state index contributed by atoms with van der Waals surface area (Å²) < 4.78 is 15.1. The lowest BCUT2D eigenvalue weighted by atomic mass is 9.74. The molecule has 2 aromatic rings. The summed E-state index contributed by atoms with van der Waals surface area (Å²) in [6, 6.07) is 11.3. The molecule has 4 atom stereocenters. The minimum Gasteiger partial charge on any atom is -0.354 e. The Morgan fingerprint density at radius 1 is 1.30 bits per heavy atom. The fraction of sp³-hybridized carbons (Fsp3) is 0.364. The van der Waals surface area contributed by atoms with Crippen LogP contribution in [0.25, 0.3) is 0 Å². The second kappa shape index (κ2) is 7.84. The Morgan fingerprint density at radius 2 is 2.03 bits per heavy atom. The number of nitrogens with zero attached hydrogens (tertiary/aromatic N) is 1. The van der Waals surface area contributed by atoms with Gasteiger partial charge in [-0.05, 0) is 43.3 Å². The third-order valence-corrected chi connectivity index (χ3v) is 6.89. The van der Waals surface area contributed by atoms with E-state index in [0.29, 0.717) is 23.8 Å². The fourth-order valence-corrected chi connectivity index (χ4v) is 5.46. The van der Waals surface area contributed by atoms with E-state index in [-0.39, 0.29) is 28.4 Å². The van der Waals surface area contributed by atoms with Gasteiger partial charge in [0.2, 0.25) is 11.8 Å². The van der Waals surface area contributed by atoms with Crippen LogP contribution in [-0.4, -0.2) is 41.4 Å². The number of nitrogens with one attached hydrogen (secondary N) is 2. The molecule has 2 aliphatic rings. The first-order chi connectivity index (χ1) is 14.3. The molecule has 8 heteroatoms. The van der Waals surface area contributed by atoms with Crippen molar-refractivity contribution in [2.24, 2.45) is 5.92 Å². The van der Waals surface area contributed by atoms with Crippen LogP contribution < -0.4 is 10.6 Å². The molecule has 0 bridgehead atoms. The summed E-state index contributed by atoms with van der Waals surface area (Å²) >= 11 is 12.1. The fourth-order valence-electron chi connectivity index (χ4n) is 5.09. The second-order valence-electron chi connectivity index (χ2n) is 7.86. The van der Waals surface area contributed by atoms with Crippen LogP contribution in [0.4, 0.5) is 10.1 Å². The number of amides is 2. The summed E-state index contributed by atoms with van der Waals surface area (Å²) in [5.74, 6) is -2.36. The molecule has 30 heavy (non-hydrogen) atoms. The van der Waals surface area contributed by atoms with Crippen LogP contribution in [-0.2, 0) is 9.59 Å². The number of halogens is 3. The van der Waals surface area contributed by atoms with E-state index in [1.807, 2.05) is 11.8 Å². The van der Waals surface area contributed by atoms with Gasteiger partial charge in [-0.25, -0.2) is 4.39 Å². The van der Waals surface area contributed by atoms with Crippen molar-refractivity contribution in [3.63, 3.8) is 0 Å². The van der Waals surface area contributed by atoms with Crippen molar-refractivity contribution < 1.29 is 14.0 Å². The number of anilines is 1. The van der Waals surface area contributed by atoms with E-state index >= 15 is 4.39 Å². The first-order valence-electron chi connectivity index (χ1n) is 9.84. The molecule has 2 saturated heterocycles. The Morgan fingerprint density at radius 3 is 2.73 bits per heavy atom. The van der Waals surface area contributed by atoms with Crippen molar-refractivity contribution in [2.45, 2.75) is 31.3 Å². The third-order valence-electron chi connectivity index (χ3n) is 6.36. The molecule has 0 aliphatic carbocycles. The number of likely N-dealkylation sites (N-methyl/N-ethyl adjacent to an activating group) is 1. The summed E-state index contributed by atoms with van der Waals surface area (Å²) in [5, 5.41) is 6.24. The molecule has 2 aliphatic heterocycles. The van der Waals surface area contributed by atoms with Gasteiger partial charge in [0.1, 0.15) is 11.4 Å². The van der Waals surface area contributed by atoms with Gasteiger partial charge < -0.3 is 10.6 Å². The van der Waals surface area contributed by atoms with Crippen LogP contribution in [0.5, 0.6) is 0 Å². The number of likely N-dealkylation sites (tertiary alicyclic amines) is 1. The van der Waals surface area contributed by atoms with Gasteiger partial charge in [0.25, 0.3) is 0 Å². The van der Waals surface area contributed by atoms with E-state index in [2.05, 4.69) is 10.6 Å². The molecule has 2 aromatic carbocycles. The van der Waals surface area contributed by atoms with Crippen molar-refractivity contribution >= 4 is 40.7 Å².